The fraction of sp³-hybridized carbons (Fsp3) is 0.600. The third kappa shape index (κ3) is 3.05. The first-order chi connectivity index (χ1) is 9.27. The van der Waals surface area contributed by atoms with E-state index in [2.05, 4.69) is 4.72 Å². The van der Waals surface area contributed by atoms with Gasteiger partial charge in [0, 0.05) is 12.1 Å². The second kappa shape index (κ2) is 5.47. The summed E-state index contributed by atoms with van der Waals surface area (Å²) in [5.41, 5.74) is 7.96. The summed E-state index contributed by atoms with van der Waals surface area (Å²) in [5, 5.41) is 0. The summed E-state index contributed by atoms with van der Waals surface area (Å²) in [6, 6.07) is 3.65. The van der Waals surface area contributed by atoms with Crippen molar-refractivity contribution in [3.63, 3.8) is 0 Å². The van der Waals surface area contributed by atoms with E-state index in [0.29, 0.717) is 11.4 Å². The van der Waals surface area contributed by atoms with Crippen LogP contribution in [0.2, 0.25) is 0 Å². The molecule has 0 unspecified atom stereocenters. The van der Waals surface area contributed by atoms with Crippen molar-refractivity contribution in [1.29, 1.82) is 0 Å². The van der Waals surface area contributed by atoms with Gasteiger partial charge < -0.3 is 5.73 Å². The third-order valence-electron chi connectivity index (χ3n) is 4.29. The lowest BCUT2D eigenvalue weighted by atomic mass is 10.0. The van der Waals surface area contributed by atoms with E-state index in [4.69, 9.17) is 5.73 Å². The van der Waals surface area contributed by atoms with Gasteiger partial charge in [-0.2, -0.15) is 0 Å². The van der Waals surface area contributed by atoms with Crippen LogP contribution in [0.25, 0.3) is 0 Å². The Kier molecular flexibility index (Phi) is 4.23. The highest BCUT2D eigenvalue weighted by Gasteiger charge is 2.34. The van der Waals surface area contributed by atoms with E-state index in [1.54, 1.807) is 6.07 Å². The van der Waals surface area contributed by atoms with Crippen molar-refractivity contribution < 1.29 is 8.42 Å². The molecule has 3 N–H and O–H groups in total. The summed E-state index contributed by atoms with van der Waals surface area (Å²) >= 11 is 0. The summed E-state index contributed by atoms with van der Waals surface area (Å²) in [6.07, 6.45) is 3.97. The Hall–Kier alpha value is -0.910. The Bertz CT molecular complexity index is 603. The molecule has 4 nitrogen and oxygen atoms in total. The molecule has 0 aliphatic heterocycles. The molecule has 1 aromatic rings. The highest BCUT2D eigenvalue weighted by Crippen LogP contribution is 2.31. The second-order valence-corrected chi connectivity index (χ2v) is 7.76. The normalized spacial score (nSPS) is 18.4. The van der Waals surface area contributed by atoms with E-state index < -0.39 is 10.0 Å². The zero-order chi connectivity index (χ0) is 15.0. The molecule has 0 radical (unpaired) electrons. The molecule has 0 bridgehead atoms. The molecule has 1 aliphatic rings. The van der Waals surface area contributed by atoms with E-state index >= 15 is 0 Å². The predicted octanol–water partition coefficient (Wildman–Crippen LogP) is 2.37. The highest BCUT2D eigenvalue weighted by molar-refractivity contribution is 7.89. The highest BCUT2D eigenvalue weighted by atomic mass is 32.2. The zero-order valence-corrected chi connectivity index (χ0v) is 13.3. The maximum atomic E-state index is 12.7. The Morgan fingerprint density at radius 3 is 2.40 bits per heavy atom. The number of hydrogen-bond donors (Lipinski definition) is 2. The topological polar surface area (TPSA) is 72.2 Å². The fourth-order valence-electron chi connectivity index (χ4n) is 2.93. The summed E-state index contributed by atoms with van der Waals surface area (Å²) < 4.78 is 28.3. The van der Waals surface area contributed by atoms with Crippen LogP contribution < -0.4 is 10.5 Å². The van der Waals surface area contributed by atoms with Crippen LogP contribution in [-0.4, -0.2) is 14.0 Å². The Labute approximate surface area is 121 Å². The molecule has 20 heavy (non-hydrogen) atoms. The molecule has 0 saturated heterocycles. The lowest BCUT2D eigenvalue weighted by molar-refractivity contribution is 0.427. The van der Waals surface area contributed by atoms with E-state index in [1.807, 2.05) is 26.8 Å². The fourth-order valence-corrected chi connectivity index (χ4v) is 4.77. The molecule has 0 atom stereocenters. The van der Waals surface area contributed by atoms with Crippen LogP contribution in [-0.2, 0) is 16.6 Å². The number of benzene rings is 1. The van der Waals surface area contributed by atoms with Crippen molar-refractivity contribution in [2.75, 3.05) is 0 Å². The molecule has 1 saturated carbocycles. The monoisotopic (exact) mass is 296 g/mol. The Morgan fingerprint density at radius 2 is 1.85 bits per heavy atom. The van der Waals surface area contributed by atoms with Crippen molar-refractivity contribution >= 4 is 10.0 Å². The lowest BCUT2D eigenvalue weighted by Crippen LogP contribution is -2.43. The van der Waals surface area contributed by atoms with E-state index in [0.717, 1.165) is 42.4 Å². The van der Waals surface area contributed by atoms with Crippen molar-refractivity contribution in [2.24, 2.45) is 5.73 Å². The number of nitrogens with two attached hydrogens (primary N) is 1. The van der Waals surface area contributed by atoms with Crippen molar-refractivity contribution in [3.8, 4) is 0 Å². The number of aryl methyl sites for hydroxylation is 1. The quantitative estimate of drug-likeness (QED) is 0.896. The largest absolute Gasteiger partial charge is 0.326 e. The number of hydrogen-bond acceptors (Lipinski definition) is 3. The van der Waals surface area contributed by atoms with Gasteiger partial charge in [-0.25, -0.2) is 13.1 Å². The first kappa shape index (κ1) is 15.5. The van der Waals surface area contributed by atoms with Crippen LogP contribution in [0.1, 0.15) is 49.3 Å². The first-order valence-electron chi connectivity index (χ1n) is 7.12. The van der Waals surface area contributed by atoms with Gasteiger partial charge in [-0.05, 0) is 56.4 Å². The zero-order valence-electron chi connectivity index (χ0n) is 12.5. The Balaban J connectivity index is 2.41. The molecule has 112 valence electrons. The van der Waals surface area contributed by atoms with Gasteiger partial charge in [0.25, 0.3) is 0 Å². The van der Waals surface area contributed by atoms with Gasteiger partial charge in [0.05, 0.1) is 4.90 Å². The molecule has 0 amide bonds. The first-order valence-corrected chi connectivity index (χ1v) is 8.60. The van der Waals surface area contributed by atoms with Gasteiger partial charge in [-0.15, -0.1) is 0 Å². The molecule has 1 aliphatic carbocycles. The average Bonchev–Trinajstić information content (AvgIpc) is 2.77. The summed E-state index contributed by atoms with van der Waals surface area (Å²) in [6.45, 7) is 6.11. The predicted molar refractivity (Wildman–Crippen MR) is 81.0 cm³/mol. The van der Waals surface area contributed by atoms with Crippen LogP contribution >= 0.6 is 0 Å². The number of rotatable bonds is 4. The van der Waals surface area contributed by atoms with Crippen molar-refractivity contribution in [2.45, 2.75) is 63.4 Å². The van der Waals surface area contributed by atoms with Crippen molar-refractivity contribution in [1.82, 2.24) is 4.72 Å². The molecule has 5 heteroatoms. The van der Waals surface area contributed by atoms with Gasteiger partial charge in [-0.3, -0.25) is 0 Å². The summed E-state index contributed by atoms with van der Waals surface area (Å²) in [4.78, 5) is 0.367. The second-order valence-electron chi connectivity index (χ2n) is 6.11. The number of nitrogens with one attached hydrogen (secondary N) is 1. The third-order valence-corrected chi connectivity index (χ3v) is 6.06. The molecule has 2 rings (SSSR count). The molecular weight excluding hydrogens is 272 g/mol. The number of sulfonamides is 1. The minimum absolute atomic E-state index is 0.308. The van der Waals surface area contributed by atoms with Crippen LogP contribution in [0, 0.1) is 13.8 Å². The van der Waals surface area contributed by atoms with E-state index in [1.165, 1.54) is 0 Å². The van der Waals surface area contributed by atoms with E-state index in [9.17, 15) is 8.42 Å². The van der Waals surface area contributed by atoms with Gasteiger partial charge >= 0.3 is 0 Å². The molecule has 0 heterocycles. The van der Waals surface area contributed by atoms with Gasteiger partial charge in [0.15, 0.2) is 0 Å². The molecule has 0 aromatic heterocycles. The summed E-state index contributed by atoms with van der Waals surface area (Å²) in [7, 11) is -3.49. The van der Waals surface area contributed by atoms with Crippen LogP contribution in [0.4, 0.5) is 0 Å². The summed E-state index contributed by atoms with van der Waals surface area (Å²) in [5.74, 6) is 0. The van der Waals surface area contributed by atoms with E-state index in [-0.39, 0.29) is 5.54 Å². The molecule has 1 aromatic carbocycles. The molecule has 1 fully saturated rings. The van der Waals surface area contributed by atoms with Gasteiger partial charge in [0.1, 0.15) is 0 Å². The maximum Gasteiger partial charge on any atom is 0.241 e. The molecular formula is C15H24N2O2S. The minimum Gasteiger partial charge on any atom is -0.326 e. The van der Waals surface area contributed by atoms with Crippen LogP contribution in [0.3, 0.4) is 0 Å². The maximum absolute atomic E-state index is 12.7. The van der Waals surface area contributed by atoms with Crippen molar-refractivity contribution in [3.05, 3.63) is 28.8 Å². The van der Waals surface area contributed by atoms with Gasteiger partial charge in [0.2, 0.25) is 10.0 Å². The van der Waals surface area contributed by atoms with Gasteiger partial charge in [-0.1, -0.05) is 18.9 Å². The minimum atomic E-state index is -3.49. The average molecular weight is 296 g/mol. The standard InChI is InChI=1S/C15H24N2O2S/c1-11-8-13(10-16)9-14(12(11)2)20(18,19)17-15(3)6-4-5-7-15/h8-9,17H,4-7,10,16H2,1-3H3. The Morgan fingerprint density at radius 1 is 1.25 bits per heavy atom. The van der Waals surface area contributed by atoms with Crippen LogP contribution in [0.5, 0.6) is 0 Å². The van der Waals surface area contributed by atoms with Crippen LogP contribution in [0.15, 0.2) is 17.0 Å². The SMILES string of the molecule is Cc1cc(CN)cc(S(=O)(=O)NC2(C)CCCC2)c1C. The smallest absolute Gasteiger partial charge is 0.241 e. The molecule has 0 spiro atoms. The lowest BCUT2D eigenvalue weighted by Gasteiger charge is -2.26.